The first-order valence-corrected chi connectivity index (χ1v) is 5.79. The number of piperidine rings is 1. The van der Waals surface area contributed by atoms with E-state index in [1.807, 2.05) is 7.05 Å². The van der Waals surface area contributed by atoms with Crippen molar-refractivity contribution >= 4 is 0 Å². The van der Waals surface area contributed by atoms with Crippen LogP contribution in [0.5, 0.6) is 0 Å². The van der Waals surface area contributed by atoms with E-state index in [4.69, 9.17) is 0 Å². The molecule has 1 saturated carbocycles. The summed E-state index contributed by atoms with van der Waals surface area (Å²) in [6.45, 7) is 3.94. The summed E-state index contributed by atoms with van der Waals surface area (Å²) < 4.78 is 0. The van der Waals surface area contributed by atoms with Crippen LogP contribution in [0.3, 0.4) is 0 Å². The molecule has 2 unspecified atom stereocenters. The van der Waals surface area contributed by atoms with Crippen molar-refractivity contribution in [1.29, 1.82) is 0 Å². The van der Waals surface area contributed by atoms with Crippen LogP contribution in [0.4, 0.5) is 0 Å². The van der Waals surface area contributed by atoms with Gasteiger partial charge in [0.15, 0.2) is 0 Å². The van der Waals surface area contributed by atoms with E-state index in [0.717, 1.165) is 12.0 Å². The minimum absolute atomic E-state index is 0.972. The summed E-state index contributed by atoms with van der Waals surface area (Å²) in [7, 11) is 2.04. The highest BCUT2D eigenvalue weighted by Gasteiger charge is 2.36. The molecule has 2 nitrogen and oxygen atoms in total. The molecule has 2 rings (SSSR count). The Kier molecular flexibility index (Phi) is 3.23. The van der Waals surface area contributed by atoms with Crippen LogP contribution in [-0.2, 0) is 0 Å². The van der Waals surface area contributed by atoms with Gasteiger partial charge < -0.3 is 10.2 Å². The summed E-state index contributed by atoms with van der Waals surface area (Å²) in [5, 5.41) is 3.21. The molecule has 0 aromatic rings. The SMILES string of the molecule is CNCCCCN1CC2CCC1C2. The summed E-state index contributed by atoms with van der Waals surface area (Å²) in [6, 6.07) is 0.972. The van der Waals surface area contributed by atoms with Gasteiger partial charge in [0, 0.05) is 12.6 Å². The van der Waals surface area contributed by atoms with Gasteiger partial charge in [-0.2, -0.15) is 0 Å². The Bertz CT molecular complexity index is 158. The van der Waals surface area contributed by atoms with Gasteiger partial charge in [-0.3, -0.25) is 0 Å². The van der Waals surface area contributed by atoms with E-state index < -0.39 is 0 Å². The minimum Gasteiger partial charge on any atom is -0.320 e. The molecule has 0 aromatic heterocycles. The maximum absolute atomic E-state index is 3.21. The molecular weight excluding hydrogens is 160 g/mol. The Hall–Kier alpha value is -0.0800. The summed E-state index contributed by atoms with van der Waals surface area (Å²) in [4.78, 5) is 2.73. The van der Waals surface area contributed by atoms with Crippen molar-refractivity contribution in [2.75, 3.05) is 26.7 Å². The molecule has 0 amide bonds. The predicted octanol–water partition coefficient (Wildman–Crippen LogP) is 1.47. The van der Waals surface area contributed by atoms with Gasteiger partial charge in [0.05, 0.1) is 0 Å². The van der Waals surface area contributed by atoms with Gasteiger partial charge in [-0.15, -0.1) is 0 Å². The fourth-order valence-electron chi connectivity index (χ4n) is 2.92. The van der Waals surface area contributed by atoms with Gasteiger partial charge in [-0.1, -0.05) is 0 Å². The highest BCUT2D eigenvalue weighted by molar-refractivity contribution is 4.91. The second-order valence-corrected chi connectivity index (χ2v) is 4.64. The number of fused-ring (bicyclic) bond motifs is 2. The zero-order valence-corrected chi connectivity index (χ0v) is 8.76. The average molecular weight is 182 g/mol. The molecule has 2 heteroatoms. The first kappa shape index (κ1) is 9.47. The third-order valence-corrected chi connectivity index (χ3v) is 3.64. The second-order valence-electron chi connectivity index (χ2n) is 4.64. The van der Waals surface area contributed by atoms with E-state index in [2.05, 4.69) is 10.2 Å². The van der Waals surface area contributed by atoms with Crippen LogP contribution in [0.2, 0.25) is 0 Å². The maximum Gasteiger partial charge on any atom is 0.00985 e. The maximum atomic E-state index is 3.21. The summed E-state index contributed by atoms with van der Waals surface area (Å²) >= 11 is 0. The van der Waals surface area contributed by atoms with Crippen molar-refractivity contribution in [3.8, 4) is 0 Å². The second kappa shape index (κ2) is 4.43. The molecule has 2 bridgehead atoms. The Labute approximate surface area is 81.7 Å². The lowest BCUT2D eigenvalue weighted by atomic mass is 10.1. The molecule has 0 radical (unpaired) electrons. The first-order valence-electron chi connectivity index (χ1n) is 5.79. The van der Waals surface area contributed by atoms with Crippen LogP contribution in [0.25, 0.3) is 0 Å². The van der Waals surface area contributed by atoms with Crippen molar-refractivity contribution in [2.24, 2.45) is 5.92 Å². The van der Waals surface area contributed by atoms with Gasteiger partial charge in [-0.25, -0.2) is 0 Å². The van der Waals surface area contributed by atoms with Crippen LogP contribution in [-0.4, -0.2) is 37.6 Å². The molecule has 13 heavy (non-hydrogen) atoms. The Morgan fingerprint density at radius 3 is 2.85 bits per heavy atom. The molecule has 1 aliphatic carbocycles. The topological polar surface area (TPSA) is 15.3 Å². The zero-order valence-electron chi connectivity index (χ0n) is 8.76. The van der Waals surface area contributed by atoms with Crippen molar-refractivity contribution in [2.45, 2.75) is 38.1 Å². The molecular formula is C11H22N2. The van der Waals surface area contributed by atoms with Crippen LogP contribution >= 0.6 is 0 Å². The number of hydrogen-bond acceptors (Lipinski definition) is 2. The third kappa shape index (κ3) is 2.23. The van der Waals surface area contributed by atoms with Crippen molar-refractivity contribution in [3.63, 3.8) is 0 Å². The highest BCUT2D eigenvalue weighted by Crippen LogP contribution is 2.37. The van der Waals surface area contributed by atoms with Crippen molar-refractivity contribution < 1.29 is 0 Å². The lowest BCUT2D eigenvalue weighted by molar-refractivity contribution is 0.210. The highest BCUT2D eigenvalue weighted by atomic mass is 15.2. The fourth-order valence-corrected chi connectivity index (χ4v) is 2.92. The van der Waals surface area contributed by atoms with E-state index in [0.29, 0.717) is 0 Å². The molecule has 2 fully saturated rings. The molecule has 2 aliphatic rings. The van der Waals surface area contributed by atoms with Gasteiger partial charge in [-0.05, 0) is 58.2 Å². The van der Waals surface area contributed by atoms with Crippen LogP contribution < -0.4 is 5.32 Å². The van der Waals surface area contributed by atoms with E-state index in [1.54, 1.807) is 0 Å². The zero-order chi connectivity index (χ0) is 9.10. The fraction of sp³-hybridized carbons (Fsp3) is 1.00. The average Bonchev–Trinajstić information content (AvgIpc) is 2.73. The van der Waals surface area contributed by atoms with Crippen LogP contribution in [0.15, 0.2) is 0 Å². The number of unbranched alkanes of at least 4 members (excludes halogenated alkanes) is 1. The number of nitrogens with zero attached hydrogens (tertiary/aromatic N) is 1. The summed E-state index contributed by atoms with van der Waals surface area (Å²) in [5.41, 5.74) is 0. The Balaban J connectivity index is 1.60. The van der Waals surface area contributed by atoms with E-state index in [-0.39, 0.29) is 0 Å². The van der Waals surface area contributed by atoms with Crippen LogP contribution in [0, 0.1) is 5.92 Å². The summed E-state index contributed by atoms with van der Waals surface area (Å²) in [6.07, 6.45) is 7.22. The largest absolute Gasteiger partial charge is 0.320 e. The molecule has 1 saturated heterocycles. The van der Waals surface area contributed by atoms with Crippen molar-refractivity contribution in [3.05, 3.63) is 0 Å². The lowest BCUT2D eigenvalue weighted by Crippen LogP contribution is -2.33. The van der Waals surface area contributed by atoms with Crippen molar-refractivity contribution in [1.82, 2.24) is 10.2 Å². The number of rotatable bonds is 5. The third-order valence-electron chi connectivity index (χ3n) is 3.64. The molecule has 2 atom stereocenters. The van der Waals surface area contributed by atoms with Crippen LogP contribution in [0.1, 0.15) is 32.1 Å². The molecule has 1 aliphatic heterocycles. The van der Waals surface area contributed by atoms with Gasteiger partial charge in [0.2, 0.25) is 0 Å². The van der Waals surface area contributed by atoms with Gasteiger partial charge in [0.25, 0.3) is 0 Å². The normalized spacial score (nSPS) is 33.0. The number of hydrogen-bond donors (Lipinski definition) is 1. The van der Waals surface area contributed by atoms with E-state index >= 15 is 0 Å². The van der Waals surface area contributed by atoms with Gasteiger partial charge >= 0.3 is 0 Å². The molecule has 0 spiro atoms. The predicted molar refractivity (Wildman–Crippen MR) is 55.9 cm³/mol. The standard InChI is InChI=1S/C11H22N2/c1-12-6-2-3-7-13-9-10-4-5-11(13)8-10/h10-12H,2-9H2,1H3. The lowest BCUT2D eigenvalue weighted by Gasteiger charge is -2.26. The molecule has 76 valence electrons. The quantitative estimate of drug-likeness (QED) is 0.648. The Morgan fingerprint density at radius 2 is 2.23 bits per heavy atom. The molecule has 1 N–H and O–H groups in total. The molecule has 0 aromatic carbocycles. The molecule has 1 heterocycles. The van der Waals surface area contributed by atoms with Gasteiger partial charge in [0.1, 0.15) is 0 Å². The number of likely N-dealkylation sites (tertiary alicyclic amines) is 1. The first-order chi connectivity index (χ1) is 6.40. The minimum atomic E-state index is 0.972. The number of nitrogens with one attached hydrogen (secondary N) is 1. The smallest absolute Gasteiger partial charge is 0.00985 e. The van der Waals surface area contributed by atoms with E-state index in [1.165, 1.54) is 51.7 Å². The summed E-state index contributed by atoms with van der Waals surface area (Å²) in [5.74, 6) is 1.06. The monoisotopic (exact) mass is 182 g/mol. The Morgan fingerprint density at radius 1 is 1.31 bits per heavy atom. The van der Waals surface area contributed by atoms with E-state index in [9.17, 15) is 0 Å².